The van der Waals surface area contributed by atoms with Crippen molar-refractivity contribution in [1.29, 1.82) is 0 Å². The SMILES string of the molecule is CN(C(=O)C1C2C(=O)N(Cc3cccnc3)C[C@@]23C=C[C@@H]1O3)C1CCSCC1. The summed E-state index contributed by atoms with van der Waals surface area (Å²) >= 11 is 1.95. The predicted octanol–water partition coefficient (Wildman–Crippen LogP) is 1.72. The molecule has 0 radical (unpaired) electrons. The molecule has 3 saturated heterocycles. The molecule has 2 bridgehead atoms. The van der Waals surface area contributed by atoms with Gasteiger partial charge in [-0.2, -0.15) is 11.8 Å². The average molecular weight is 400 g/mol. The lowest BCUT2D eigenvalue weighted by Crippen LogP contribution is -2.48. The third-order valence-electron chi connectivity index (χ3n) is 6.65. The molecule has 0 saturated carbocycles. The molecule has 6 nitrogen and oxygen atoms in total. The van der Waals surface area contributed by atoms with Crippen LogP contribution in [0.15, 0.2) is 36.7 Å². The Kier molecular flexibility index (Phi) is 4.47. The van der Waals surface area contributed by atoms with Gasteiger partial charge in [0.1, 0.15) is 5.60 Å². The van der Waals surface area contributed by atoms with Crippen molar-refractivity contribution in [2.24, 2.45) is 11.8 Å². The number of hydrogen-bond donors (Lipinski definition) is 0. The van der Waals surface area contributed by atoms with Crippen LogP contribution in [0.3, 0.4) is 0 Å². The molecular weight excluding hydrogens is 374 g/mol. The van der Waals surface area contributed by atoms with Crippen molar-refractivity contribution in [3.05, 3.63) is 42.2 Å². The van der Waals surface area contributed by atoms with Crippen LogP contribution in [0.2, 0.25) is 0 Å². The summed E-state index contributed by atoms with van der Waals surface area (Å²) < 4.78 is 6.25. The maximum Gasteiger partial charge on any atom is 0.230 e. The molecule has 2 amide bonds. The fourth-order valence-electron chi connectivity index (χ4n) is 5.19. The van der Waals surface area contributed by atoms with Gasteiger partial charge in [-0.15, -0.1) is 0 Å². The minimum Gasteiger partial charge on any atom is -0.360 e. The Bertz CT molecular complexity index is 810. The summed E-state index contributed by atoms with van der Waals surface area (Å²) in [5.74, 6) is 1.47. The minimum atomic E-state index is -0.645. The lowest BCUT2D eigenvalue weighted by atomic mass is 9.76. The predicted molar refractivity (Wildman–Crippen MR) is 106 cm³/mol. The second-order valence-electron chi connectivity index (χ2n) is 8.25. The zero-order valence-electron chi connectivity index (χ0n) is 16.0. The molecule has 0 N–H and O–H groups in total. The van der Waals surface area contributed by atoms with Crippen molar-refractivity contribution in [1.82, 2.24) is 14.8 Å². The van der Waals surface area contributed by atoms with Crippen LogP contribution in [0.1, 0.15) is 18.4 Å². The third kappa shape index (κ3) is 2.78. The van der Waals surface area contributed by atoms with E-state index in [4.69, 9.17) is 4.74 Å². The Labute approximate surface area is 169 Å². The van der Waals surface area contributed by atoms with E-state index in [0.717, 1.165) is 29.9 Å². The van der Waals surface area contributed by atoms with E-state index in [1.165, 1.54) is 0 Å². The molecule has 4 aliphatic heterocycles. The van der Waals surface area contributed by atoms with Gasteiger partial charge in [-0.1, -0.05) is 18.2 Å². The molecule has 4 aliphatic rings. The maximum absolute atomic E-state index is 13.4. The van der Waals surface area contributed by atoms with Crippen molar-refractivity contribution in [2.45, 2.75) is 37.1 Å². The van der Waals surface area contributed by atoms with E-state index in [1.807, 2.05) is 52.9 Å². The highest BCUT2D eigenvalue weighted by Gasteiger charge is 2.67. The first-order valence-electron chi connectivity index (χ1n) is 9.98. The van der Waals surface area contributed by atoms with E-state index in [2.05, 4.69) is 4.98 Å². The Balaban J connectivity index is 1.37. The highest BCUT2D eigenvalue weighted by molar-refractivity contribution is 7.99. The van der Waals surface area contributed by atoms with E-state index < -0.39 is 17.4 Å². The molecule has 5 rings (SSSR count). The summed E-state index contributed by atoms with van der Waals surface area (Å²) in [4.78, 5) is 34.6. The normalized spacial score (nSPS) is 34.1. The minimum absolute atomic E-state index is 0.0293. The second-order valence-corrected chi connectivity index (χ2v) is 9.47. The number of hydrogen-bond acceptors (Lipinski definition) is 5. The number of likely N-dealkylation sites (tertiary alicyclic amines) is 1. The number of aromatic nitrogens is 1. The van der Waals surface area contributed by atoms with Gasteiger partial charge in [0.25, 0.3) is 0 Å². The zero-order valence-corrected chi connectivity index (χ0v) is 16.8. The number of carbonyl (C=O) groups is 2. The Morgan fingerprint density at radius 2 is 2.25 bits per heavy atom. The molecule has 5 heterocycles. The van der Waals surface area contributed by atoms with E-state index in [1.54, 1.807) is 12.4 Å². The molecule has 1 aromatic heterocycles. The van der Waals surface area contributed by atoms with Gasteiger partial charge < -0.3 is 14.5 Å². The summed E-state index contributed by atoms with van der Waals surface area (Å²) in [5.41, 5.74) is 0.346. The Hall–Kier alpha value is -1.86. The highest BCUT2D eigenvalue weighted by atomic mass is 32.2. The summed E-state index contributed by atoms with van der Waals surface area (Å²) in [6.07, 6.45) is 9.29. The first-order valence-corrected chi connectivity index (χ1v) is 11.1. The van der Waals surface area contributed by atoms with E-state index in [9.17, 15) is 9.59 Å². The number of fused-ring (bicyclic) bond motifs is 1. The lowest BCUT2D eigenvalue weighted by molar-refractivity contribution is -0.144. The molecule has 0 aromatic carbocycles. The molecular formula is C21H25N3O3S. The van der Waals surface area contributed by atoms with Crippen molar-refractivity contribution in [3.8, 4) is 0 Å². The topological polar surface area (TPSA) is 62.7 Å². The van der Waals surface area contributed by atoms with Crippen molar-refractivity contribution in [2.75, 3.05) is 25.1 Å². The van der Waals surface area contributed by atoms with Gasteiger partial charge >= 0.3 is 0 Å². The maximum atomic E-state index is 13.4. The number of amides is 2. The van der Waals surface area contributed by atoms with Gasteiger partial charge in [0.2, 0.25) is 11.8 Å². The molecule has 4 atom stereocenters. The van der Waals surface area contributed by atoms with Gasteiger partial charge in [0.15, 0.2) is 0 Å². The van der Waals surface area contributed by atoms with Gasteiger partial charge in [-0.3, -0.25) is 14.6 Å². The molecule has 7 heteroatoms. The van der Waals surface area contributed by atoms with Gasteiger partial charge in [-0.25, -0.2) is 0 Å². The molecule has 1 spiro atoms. The Morgan fingerprint density at radius 1 is 1.43 bits per heavy atom. The van der Waals surface area contributed by atoms with Gasteiger partial charge in [0, 0.05) is 32.0 Å². The summed E-state index contributed by atoms with van der Waals surface area (Å²) in [7, 11) is 1.90. The number of pyridine rings is 1. The first kappa shape index (κ1) is 18.2. The molecule has 3 fully saturated rings. The zero-order chi connectivity index (χ0) is 19.3. The number of carbonyl (C=O) groups excluding carboxylic acids is 2. The average Bonchev–Trinajstić information content (AvgIpc) is 3.37. The summed E-state index contributed by atoms with van der Waals surface area (Å²) in [6, 6.07) is 4.12. The first-order chi connectivity index (χ1) is 13.6. The summed E-state index contributed by atoms with van der Waals surface area (Å²) in [5, 5.41) is 0. The summed E-state index contributed by atoms with van der Waals surface area (Å²) in [6.45, 7) is 1.01. The van der Waals surface area contributed by atoms with Crippen LogP contribution in [-0.2, 0) is 20.9 Å². The molecule has 2 unspecified atom stereocenters. The standard InChI is InChI=1S/C21H25N3O3S/c1-23(15-5-9-28-10-6-15)19(25)17-16-4-7-21(27-16)13-24(20(26)18(17)21)12-14-3-2-8-22-11-14/h2-4,7-8,11,15-18H,5-6,9-10,12-13H2,1H3/t16-,17?,18?,21-/m0/s1. The van der Waals surface area contributed by atoms with Crippen LogP contribution in [0, 0.1) is 11.8 Å². The third-order valence-corrected chi connectivity index (χ3v) is 7.70. The van der Waals surface area contributed by atoms with E-state index in [0.29, 0.717) is 13.1 Å². The highest BCUT2D eigenvalue weighted by Crippen LogP contribution is 2.52. The second kappa shape index (κ2) is 6.88. The fourth-order valence-corrected chi connectivity index (χ4v) is 6.28. The van der Waals surface area contributed by atoms with Crippen LogP contribution in [0.4, 0.5) is 0 Å². The Morgan fingerprint density at radius 3 is 3.00 bits per heavy atom. The van der Waals surface area contributed by atoms with Crippen LogP contribution >= 0.6 is 11.8 Å². The van der Waals surface area contributed by atoms with Crippen molar-refractivity contribution in [3.63, 3.8) is 0 Å². The lowest BCUT2D eigenvalue weighted by Gasteiger charge is -2.35. The molecule has 28 heavy (non-hydrogen) atoms. The largest absolute Gasteiger partial charge is 0.360 e. The van der Waals surface area contributed by atoms with Crippen LogP contribution in [0.25, 0.3) is 0 Å². The number of thioether (sulfide) groups is 1. The van der Waals surface area contributed by atoms with Gasteiger partial charge in [-0.05, 0) is 36.0 Å². The van der Waals surface area contributed by atoms with Crippen molar-refractivity contribution >= 4 is 23.6 Å². The molecule has 0 aliphatic carbocycles. The quantitative estimate of drug-likeness (QED) is 0.722. The van der Waals surface area contributed by atoms with Crippen LogP contribution in [0.5, 0.6) is 0 Å². The van der Waals surface area contributed by atoms with E-state index >= 15 is 0 Å². The van der Waals surface area contributed by atoms with Crippen LogP contribution < -0.4 is 0 Å². The molecule has 1 aromatic rings. The number of nitrogens with zero attached hydrogens (tertiary/aromatic N) is 3. The molecule has 148 valence electrons. The number of rotatable bonds is 4. The van der Waals surface area contributed by atoms with E-state index in [-0.39, 0.29) is 24.0 Å². The fraction of sp³-hybridized carbons (Fsp3) is 0.571. The van der Waals surface area contributed by atoms with Crippen LogP contribution in [-0.4, -0.2) is 69.4 Å². The smallest absolute Gasteiger partial charge is 0.230 e. The van der Waals surface area contributed by atoms with Gasteiger partial charge in [0.05, 0.1) is 24.5 Å². The van der Waals surface area contributed by atoms with Crippen molar-refractivity contribution < 1.29 is 14.3 Å². The number of ether oxygens (including phenoxy) is 1. The monoisotopic (exact) mass is 399 g/mol.